The molecule has 0 saturated carbocycles. The number of carbonyl (C=O) groups is 1. The number of rotatable bonds is 7. The highest BCUT2D eigenvalue weighted by atomic mass is 79.9. The van der Waals surface area contributed by atoms with E-state index in [0.717, 1.165) is 28.8 Å². The molecule has 0 saturated heterocycles. The van der Waals surface area contributed by atoms with Gasteiger partial charge in [-0.2, -0.15) is 0 Å². The van der Waals surface area contributed by atoms with Gasteiger partial charge in [0.1, 0.15) is 11.8 Å². The number of anilines is 1. The number of methoxy groups -OCH3 is 1. The third-order valence-corrected chi connectivity index (χ3v) is 3.75. The van der Waals surface area contributed by atoms with Crippen LogP contribution in [-0.2, 0) is 4.79 Å². The van der Waals surface area contributed by atoms with Crippen LogP contribution < -0.4 is 15.4 Å². The Labute approximate surface area is 129 Å². The monoisotopic (exact) mass is 342 g/mol. The Balaban J connectivity index is 2.72. The zero-order chi connectivity index (χ0) is 15.1. The number of ether oxygens (including phenoxy) is 1. The lowest BCUT2D eigenvalue weighted by molar-refractivity contribution is -0.122. The molecule has 1 amide bonds. The van der Waals surface area contributed by atoms with Gasteiger partial charge < -0.3 is 15.4 Å². The van der Waals surface area contributed by atoms with Crippen LogP contribution in [0.3, 0.4) is 0 Å². The Kier molecular flexibility index (Phi) is 6.85. The zero-order valence-electron chi connectivity index (χ0n) is 12.5. The van der Waals surface area contributed by atoms with Crippen LogP contribution in [0, 0.1) is 0 Å². The van der Waals surface area contributed by atoms with E-state index in [0.29, 0.717) is 0 Å². The van der Waals surface area contributed by atoms with Crippen molar-refractivity contribution in [3.8, 4) is 5.75 Å². The smallest absolute Gasteiger partial charge is 0.242 e. The Morgan fingerprint density at radius 2 is 2.00 bits per heavy atom. The van der Waals surface area contributed by atoms with Gasteiger partial charge in [0.2, 0.25) is 5.91 Å². The summed E-state index contributed by atoms with van der Waals surface area (Å²) in [7, 11) is 1.61. The number of benzene rings is 1. The molecule has 1 rings (SSSR count). The molecular weight excluding hydrogens is 320 g/mol. The zero-order valence-corrected chi connectivity index (χ0v) is 14.1. The molecule has 0 heterocycles. The van der Waals surface area contributed by atoms with Gasteiger partial charge in [-0.15, -0.1) is 0 Å². The molecule has 0 spiro atoms. The highest BCUT2D eigenvalue weighted by molar-refractivity contribution is 9.10. The highest BCUT2D eigenvalue weighted by Gasteiger charge is 2.17. The van der Waals surface area contributed by atoms with Gasteiger partial charge in [0, 0.05) is 10.5 Å². The lowest BCUT2D eigenvalue weighted by atomic mass is 10.1. The van der Waals surface area contributed by atoms with Crippen LogP contribution in [0.1, 0.15) is 33.6 Å². The van der Waals surface area contributed by atoms with E-state index >= 15 is 0 Å². The molecule has 2 N–H and O–H groups in total. The summed E-state index contributed by atoms with van der Waals surface area (Å²) in [4.78, 5) is 12.1. The maximum atomic E-state index is 12.1. The summed E-state index contributed by atoms with van der Waals surface area (Å²) >= 11 is 3.42. The number of carbonyl (C=O) groups excluding carboxylic acids is 1. The van der Waals surface area contributed by atoms with E-state index in [-0.39, 0.29) is 18.0 Å². The molecule has 112 valence electrons. The SMILES string of the molecule is CCC(CC)NC(=O)C(C)Nc1cc(Br)ccc1OC. The van der Waals surface area contributed by atoms with Gasteiger partial charge in [0.15, 0.2) is 0 Å². The molecule has 1 atom stereocenters. The Bertz CT molecular complexity index is 447. The van der Waals surface area contributed by atoms with Gasteiger partial charge in [-0.3, -0.25) is 4.79 Å². The van der Waals surface area contributed by atoms with Gasteiger partial charge in [-0.1, -0.05) is 29.8 Å². The van der Waals surface area contributed by atoms with Crippen molar-refractivity contribution in [3.05, 3.63) is 22.7 Å². The second-order valence-corrected chi connectivity index (χ2v) is 5.65. The highest BCUT2D eigenvalue weighted by Crippen LogP contribution is 2.28. The average molecular weight is 343 g/mol. The predicted molar refractivity (Wildman–Crippen MR) is 86.3 cm³/mol. The summed E-state index contributed by atoms with van der Waals surface area (Å²) in [6, 6.07) is 5.58. The first kappa shape index (κ1) is 16.8. The number of hydrogen-bond acceptors (Lipinski definition) is 3. The molecule has 0 aliphatic rings. The van der Waals surface area contributed by atoms with Gasteiger partial charge in [-0.25, -0.2) is 0 Å². The molecular formula is C15H23BrN2O2. The summed E-state index contributed by atoms with van der Waals surface area (Å²) < 4.78 is 6.23. The molecule has 0 radical (unpaired) electrons. The van der Waals surface area contributed by atoms with Crippen molar-refractivity contribution in [2.75, 3.05) is 12.4 Å². The second-order valence-electron chi connectivity index (χ2n) is 4.73. The minimum Gasteiger partial charge on any atom is -0.495 e. The number of hydrogen-bond donors (Lipinski definition) is 2. The number of amides is 1. The second kappa shape index (κ2) is 8.15. The normalized spacial score (nSPS) is 12.1. The number of nitrogens with one attached hydrogen (secondary N) is 2. The summed E-state index contributed by atoms with van der Waals surface area (Å²) in [5.74, 6) is 0.719. The largest absolute Gasteiger partial charge is 0.495 e. The first-order valence-electron chi connectivity index (χ1n) is 6.92. The maximum absolute atomic E-state index is 12.1. The molecule has 5 heteroatoms. The standard InChI is InChI=1S/C15H23BrN2O2/c1-5-12(6-2)18-15(19)10(3)17-13-9-11(16)7-8-14(13)20-4/h7-10,12,17H,5-6H2,1-4H3,(H,18,19). The van der Waals surface area contributed by atoms with Crippen LogP contribution in [0.5, 0.6) is 5.75 Å². The van der Waals surface area contributed by atoms with E-state index in [2.05, 4.69) is 40.4 Å². The molecule has 4 nitrogen and oxygen atoms in total. The van der Waals surface area contributed by atoms with Crippen molar-refractivity contribution in [1.82, 2.24) is 5.32 Å². The third-order valence-electron chi connectivity index (χ3n) is 3.26. The van der Waals surface area contributed by atoms with Crippen LogP contribution in [0.4, 0.5) is 5.69 Å². The van der Waals surface area contributed by atoms with Crippen molar-refractivity contribution in [2.24, 2.45) is 0 Å². The fraction of sp³-hybridized carbons (Fsp3) is 0.533. The quantitative estimate of drug-likeness (QED) is 0.796. The molecule has 1 aromatic rings. The van der Waals surface area contributed by atoms with Gasteiger partial charge in [-0.05, 0) is 38.0 Å². The summed E-state index contributed by atoms with van der Waals surface area (Å²) in [6.45, 7) is 5.99. The van der Waals surface area contributed by atoms with E-state index in [1.54, 1.807) is 7.11 Å². The van der Waals surface area contributed by atoms with Crippen molar-refractivity contribution in [1.29, 1.82) is 0 Å². The van der Waals surface area contributed by atoms with Crippen LogP contribution in [0.25, 0.3) is 0 Å². The van der Waals surface area contributed by atoms with E-state index in [1.807, 2.05) is 25.1 Å². The first-order valence-corrected chi connectivity index (χ1v) is 7.71. The fourth-order valence-electron chi connectivity index (χ4n) is 1.91. The fourth-order valence-corrected chi connectivity index (χ4v) is 2.27. The first-order chi connectivity index (χ1) is 9.51. The molecule has 0 bridgehead atoms. The maximum Gasteiger partial charge on any atom is 0.242 e. The van der Waals surface area contributed by atoms with Crippen LogP contribution >= 0.6 is 15.9 Å². The van der Waals surface area contributed by atoms with E-state index in [9.17, 15) is 4.79 Å². The molecule has 0 aliphatic heterocycles. The van der Waals surface area contributed by atoms with Gasteiger partial charge >= 0.3 is 0 Å². The Hall–Kier alpha value is -1.23. The summed E-state index contributed by atoms with van der Waals surface area (Å²) in [5, 5.41) is 6.22. The summed E-state index contributed by atoms with van der Waals surface area (Å²) in [5.41, 5.74) is 0.800. The van der Waals surface area contributed by atoms with Gasteiger partial charge in [0.05, 0.1) is 12.8 Å². The average Bonchev–Trinajstić information content (AvgIpc) is 2.44. The van der Waals surface area contributed by atoms with E-state index < -0.39 is 0 Å². The molecule has 0 fully saturated rings. The van der Waals surface area contributed by atoms with E-state index in [1.165, 1.54) is 0 Å². The van der Waals surface area contributed by atoms with Crippen LogP contribution in [0.2, 0.25) is 0 Å². The number of halogens is 1. The van der Waals surface area contributed by atoms with Crippen molar-refractivity contribution in [2.45, 2.75) is 45.7 Å². The minimum absolute atomic E-state index is 0.000675. The molecule has 0 aromatic heterocycles. The minimum atomic E-state index is -0.321. The van der Waals surface area contributed by atoms with Crippen LogP contribution in [0.15, 0.2) is 22.7 Å². The van der Waals surface area contributed by atoms with Crippen molar-refractivity contribution in [3.63, 3.8) is 0 Å². The topological polar surface area (TPSA) is 50.4 Å². The third kappa shape index (κ3) is 4.71. The predicted octanol–water partition coefficient (Wildman–Crippen LogP) is 3.56. The lowest BCUT2D eigenvalue weighted by Gasteiger charge is -2.21. The van der Waals surface area contributed by atoms with Crippen LogP contribution in [-0.4, -0.2) is 25.1 Å². The molecule has 0 aliphatic carbocycles. The van der Waals surface area contributed by atoms with Crippen molar-refractivity contribution < 1.29 is 9.53 Å². The van der Waals surface area contributed by atoms with Crippen molar-refractivity contribution >= 4 is 27.5 Å². The summed E-state index contributed by atoms with van der Waals surface area (Å²) in [6.07, 6.45) is 1.88. The molecule has 20 heavy (non-hydrogen) atoms. The van der Waals surface area contributed by atoms with E-state index in [4.69, 9.17) is 4.74 Å². The molecule has 1 unspecified atom stereocenters. The lowest BCUT2D eigenvalue weighted by Crippen LogP contribution is -2.42. The Morgan fingerprint density at radius 1 is 1.35 bits per heavy atom. The van der Waals surface area contributed by atoms with Gasteiger partial charge in [0.25, 0.3) is 0 Å². The molecule has 1 aromatic carbocycles. The Morgan fingerprint density at radius 3 is 2.55 bits per heavy atom.